The summed E-state index contributed by atoms with van der Waals surface area (Å²) in [5.74, 6) is 0.297. The first-order chi connectivity index (χ1) is 26.9. The number of benzene rings is 4. The van der Waals surface area contributed by atoms with Crippen LogP contribution in [0.4, 0.5) is 20.2 Å². The Morgan fingerprint density at radius 3 is 1.52 bits per heavy atom. The van der Waals surface area contributed by atoms with Gasteiger partial charge in [0.1, 0.15) is 23.3 Å². The molecular weight excluding hydrogens is 750 g/mol. The Morgan fingerprint density at radius 2 is 1.09 bits per heavy atom. The van der Waals surface area contributed by atoms with Crippen molar-refractivity contribution in [2.75, 3.05) is 33.2 Å². The number of rotatable bonds is 11. The summed E-state index contributed by atoms with van der Waals surface area (Å²) in [5, 5.41) is 22.7. The molecule has 0 N–H and O–H groups in total. The summed E-state index contributed by atoms with van der Waals surface area (Å²) in [6.45, 7) is 4.79. The SMILES string of the molecule is CN1CCN(Cc2nc3cc([N+](=O)[O-])ccc3c(=O)n2CCc2ccc(F)cc2)CC1.O=c1c2ccc([N+](=O)[O-])cc2nc(CCl)n1CCc1ccc(F)cc1. The smallest absolute Gasteiger partial charge is 0.271 e. The van der Waals surface area contributed by atoms with Crippen LogP contribution in [0.3, 0.4) is 0 Å². The second kappa shape index (κ2) is 17.7. The summed E-state index contributed by atoms with van der Waals surface area (Å²) in [6.07, 6.45) is 1.06. The molecule has 6 aromatic rings. The van der Waals surface area contributed by atoms with E-state index < -0.39 is 9.85 Å². The standard InChI is InChI=1S/C22H24FN5O3.C17H13ClFN3O3/c1-25-10-12-26(13-11-25)15-21-24-20-14-18(28(30)31)6-7-19(20)22(29)27(21)9-8-16-2-4-17(23)5-3-16;18-10-16-20-15-9-13(22(24)25)5-6-14(15)17(23)21(16)8-7-11-1-3-12(19)4-2-11/h2-7,14H,8-13,15H2,1H3;1-6,9H,7-8,10H2. The fourth-order valence-corrected chi connectivity index (χ4v) is 6.62. The van der Waals surface area contributed by atoms with Crippen molar-refractivity contribution in [3.8, 4) is 0 Å². The number of alkyl halides is 1. The highest BCUT2D eigenvalue weighted by molar-refractivity contribution is 6.16. The van der Waals surface area contributed by atoms with Gasteiger partial charge in [-0.3, -0.25) is 43.9 Å². The summed E-state index contributed by atoms with van der Waals surface area (Å²) in [6, 6.07) is 20.3. The van der Waals surface area contributed by atoms with E-state index >= 15 is 0 Å². The monoisotopic (exact) mass is 786 g/mol. The highest BCUT2D eigenvalue weighted by Crippen LogP contribution is 2.20. The largest absolute Gasteiger partial charge is 0.304 e. The molecule has 14 nitrogen and oxygen atoms in total. The van der Waals surface area contributed by atoms with E-state index in [4.69, 9.17) is 11.6 Å². The van der Waals surface area contributed by atoms with E-state index in [9.17, 15) is 38.6 Å². The molecule has 4 aromatic carbocycles. The first kappa shape index (κ1) is 39.7. The number of hydrogen-bond donors (Lipinski definition) is 0. The summed E-state index contributed by atoms with van der Waals surface area (Å²) >= 11 is 5.90. The van der Waals surface area contributed by atoms with Crippen LogP contribution < -0.4 is 11.1 Å². The van der Waals surface area contributed by atoms with E-state index in [1.807, 2.05) is 0 Å². The van der Waals surface area contributed by atoms with Crippen molar-refractivity contribution in [1.82, 2.24) is 28.9 Å². The zero-order valence-electron chi connectivity index (χ0n) is 30.3. The van der Waals surface area contributed by atoms with Gasteiger partial charge < -0.3 is 4.90 Å². The van der Waals surface area contributed by atoms with Crippen LogP contribution in [0.25, 0.3) is 21.8 Å². The van der Waals surface area contributed by atoms with Gasteiger partial charge in [0.05, 0.1) is 44.1 Å². The zero-order valence-corrected chi connectivity index (χ0v) is 31.1. The van der Waals surface area contributed by atoms with Crippen LogP contribution in [0.5, 0.6) is 0 Å². The van der Waals surface area contributed by atoms with Crippen molar-refractivity contribution >= 4 is 44.8 Å². The topological polar surface area (TPSA) is 163 Å². The van der Waals surface area contributed by atoms with E-state index in [1.54, 1.807) is 28.8 Å². The molecule has 0 amide bonds. The van der Waals surface area contributed by atoms with Crippen molar-refractivity contribution < 1.29 is 18.6 Å². The van der Waals surface area contributed by atoms with Crippen LogP contribution in [0, 0.1) is 31.9 Å². The molecule has 0 bridgehead atoms. The van der Waals surface area contributed by atoms with Crippen LogP contribution in [-0.2, 0) is 38.4 Å². The average molecular weight is 787 g/mol. The lowest BCUT2D eigenvalue weighted by Crippen LogP contribution is -2.44. The molecule has 0 saturated carbocycles. The summed E-state index contributed by atoms with van der Waals surface area (Å²) < 4.78 is 29.3. The van der Waals surface area contributed by atoms with Gasteiger partial charge in [0.2, 0.25) is 0 Å². The van der Waals surface area contributed by atoms with Gasteiger partial charge in [-0.15, -0.1) is 11.6 Å². The molecule has 1 aliphatic rings. The van der Waals surface area contributed by atoms with Crippen molar-refractivity contribution in [2.45, 2.75) is 38.4 Å². The van der Waals surface area contributed by atoms with Gasteiger partial charge in [0.15, 0.2) is 0 Å². The Hall–Kier alpha value is -5.97. The quantitative estimate of drug-likeness (QED) is 0.0884. The number of likely N-dealkylation sites (N-methyl/N-ethyl adjacent to an activating group) is 1. The zero-order chi connectivity index (χ0) is 39.9. The number of fused-ring (bicyclic) bond motifs is 2. The van der Waals surface area contributed by atoms with Gasteiger partial charge in [0.25, 0.3) is 22.5 Å². The Balaban J connectivity index is 0.000000194. The van der Waals surface area contributed by atoms with E-state index in [1.165, 1.54) is 65.2 Å². The second-order valence-corrected chi connectivity index (χ2v) is 13.6. The summed E-state index contributed by atoms with van der Waals surface area (Å²) in [5.41, 5.74) is 1.62. The van der Waals surface area contributed by atoms with Crippen molar-refractivity contribution in [1.29, 1.82) is 0 Å². The van der Waals surface area contributed by atoms with Gasteiger partial charge in [0, 0.05) is 63.5 Å². The average Bonchev–Trinajstić information content (AvgIpc) is 3.19. The number of non-ortho nitro benzene ring substituents is 2. The molecule has 0 radical (unpaired) electrons. The van der Waals surface area contributed by atoms with Crippen LogP contribution in [0.1, 0.15) is 22.8 Å². The van der Waals surface area contributed by atoms with Crippen LogP contribution in [0.15, 0.2) is 94.5 Å². The van der Waals surface area contributed by atoms with E-state index in [-0.39, 0.29) is 45.5 Å². The molecule has 0 spiro atoms. The Bertz CT molecular complexity index is 2510. The molecular formula is C39H37ClF2N8O6. The van der Waals surface area contributed by atoms with E-state index in [2.05, 4.69) is 26.8 Å². The number of nitro benzene ring substituents is 2. The first-order valence-electron chi connectivity index (χ1n) is 17.7. The van der Waals surface area contributed by atoms with Gasteiger partial charge in [-0.25, -0.2) is 18.7 Å². The minimum Gasteiger partial charge on any atom is -0.304 e. The fourth-order valence-electron chi connectivity index (χ4n) is 6.41. The summed E-state index contributed by atoms with van der Waals surface area (Å²) in [7, 11) is 2.07. The molecule has 0 aliphatic carbocycles. The van der Waals surface area contributed by atoms with E-state index in [0.717, 1.165) is 37.3 Å². The predicted molar refractivity (Wildman–Crippen MR) is 208 cm³/mol. The lowest BCUT2D eigenvalue weighted by Gasteiger charge is -2.32. The van der Waals surface area contributed by atoms with Gasteiger partial charge in [-0.2, -0.15) is 0 Å². The number of aryl methyl sites for hydroxylation is 2. The van der Waals surface area contributed by atoms with Gasteiger partial charge in [-0.1, -0.05) is 24.3 Å². The van der Waals surface area contributed by atoms with Crippen LogP contribution in [-0.4, -0.2) is 72.0 Å². The number of halogens is 3. The van der Waals surface area contributed by atoms with Crippen molar-refractivity contribution in [3.63, 3.8) is 0 Å². The molecule has 1 aliphatic heterocycles. The van der Waals surface area contributed by atoms with Gasteiger partial charge >= 0.3 is 0 Å². The first-order valence-corrected chi connectivity index (χ1v) is 18.2. The molecule has 2 aromatic heterocycles. The Labute approximate surface area is 323 Å². The maximum absolute atomic E-state index is 13.3. The number of nitrogens with zero attached hydrogens (tertiary/aromatic N) is 8. The highest BCUT2D eigenvalue weighted by Gasteiger charge is 2.20. The van der Waals surface area contributed by atoms with Crippen LogP contribution in [0.2, 0.25) is 0 Å². The molecule has 17 heteroatoms. The molecule has 1 fully saturated rings. The van der Waals surface area contributed by atoms with E-state index in [0.29, 0.717) is 60.4 Å². The molecule has 3 heterocycles. The second-order valence-electron chi connectivity index (χ2n) is 13.4. The molecule has 0 atom stereocenters. The molecule has 56 heavy (non-hydrogen) atoms. The molecule has 7 rings (SSSR count). The third-order valence-electron chi connectivity index (χ3n) is 9.61. The normalized spacial score (nSPS) is 13.4. The van der Waals surface area contributed by atoms with Crippen molar-refractivity contribution in [2.24, 2.45) is 0 Å². The maximum atomic E-state index is 13.3. The third-order valence-corrected chi connectivity index (χ3v) is 9.85. The van der Waals surface area contributed by atoms with Crippen LogP contribution >= 0.6 is 11.6 Å². The fraction of sp³-hybridized carbons (Fsp3) is 0.282. The van der Waals surface area contributed by atoms with Crippen molar-refractivity contribution in [3.05, 3.63) is 160 Å². The number of hydrogen-bond acceptors (Lipinski definition) is 10. The predicted octanol–water partition coefficient (Wildman–Crippen LogP) is 5.86. The molecule has 290 valence electrons. The third kappa shape index (κ3) is 9.45. The Morgan fingerprint density at radius 1 is 0.661 bits per heavy atom. The highest BCUT2D eigenvalue weighted by atomic mass is 35.5. The lowest BCUT2D eigenvalue weighted by atomic mass is 10.1. The maximum Gasteiger partial charge on any atom is 0.271 e. The summed E-state index contributed by atoms with van der Waals surface area (Å²) in [4.78, 5) is 60.4. The number of piperazine rings is 1. The minimum absolute atomic E-state index is 0.00269. The molecule has 0 unspecified atom stereocenters. The lowest BCUT2D eigenvalue weighted by molar-refractivity contribution is -0.384. The number of aromatic nitrogens is 4. The minimum atomic E-state index is -0.540. The number of nitro groups is 2. The molecule has 1 saturated heterocycles. The Kier molecular flexibility index (Phi) is 12.5. The van der Waals surface area contributed by atoms with Gasteiger partial charge in [-0.05, 0) is 67.4 Å².